The molecule has 0 aromatic carbocycles. The van der Waals surface area contributed by atoms with E-state index in [1.807, 2.05) is 29.3 Å². The van der Waals surface area contributed by atoms with Crippen molar-refractivity contribution in [1.29, 1.82) is 0 Å². The van der Waals surface area contributed by atoms with E-state index in [-0.39, 0.29) is 12.5 Å². The molecule has 1 atom stereocenters. The topological polar surface area (TPSA) is 57.8 Å². The first-order valence-corrected chi connectivity index (χ1v) is 6.62. The summed E-state index contributed by atoms with van der Waals surface area (Å²) in [4.78, 5) is 14.3. The van der Waals surface area contributed by atoms with Gasteiger partial charge in [-0.25, -0.2) is 4.52 Å². The van der Waals surface area contributed by atoms with E-state index in [0.717, 1.165) is 31.4 Å². The first kappa shape index (κ1) is 12.2. The normalized spacial score (nSPS) is 19.2. The van der Waals surface area contributed by atoms with Gasteiger partial charge in [-0.3, -0.25) is 4.79 Å². The number of aliphatic hydroxyl groups is 1. The van der Waals surface area contributed by atoms with Crippen LogP contribution < -0.4 is 0 Å². The van der Waals surface area contributed by atoms with E-state index >= 15 is 0 Å². The zero-order valence-corrected chi connectivity index (χ0v) is 10.7. The van der Waals surface area contributed by atoms with Crippen molar-refractivity contribution in [3.63, 3.8) is 0 Å². The fourth-order valence-electron chi connectivity index (χ4n) is 2.70. The van der Waals surface area contributed by atoms with Gasteiger partial charge in [-0.2, -0.15) is 5.10 Å². The number of aromatic nitrogens is 2. The Morgan fingerprint density at radius 3 is 3.21 bits per heavy atom. The number of hydrogen-bond acceptors (Lipinski definition) is 3. The zero-order valence-electron chi connectivity index (χ0n) is 10.7. The second kappa shape index (κ2) is 5.01. The highest BCUT2D eigenvalue weighted by Crippen LogP contribution is 2.22. The van der Waals surface area contributed by atoms with Crippen molar-refractivity contribution in [2.24, 2.45) is 5.92 Å². The van der Waals surface area contributed by atoms with Crippen molar-refractivity contribution >= 4 is 11.4 Å². The fraction of sp³-hybridized carbons (Fsp3) is 0.429. The number of fused-ring (bicyclic) bond motifs is 1. The summed E-state index contributed by atoms with van der Waals surface area (Å²) in [6.07, 6.45) is 5.23. The molecule has 0 saturated carbocycles. The van der Waals surface area contributed by atoms with Crippen LogP contribution in [0.2, 0.25) is 0 Å². The van der Waals surface area contributed by atoms with E-state index in [1.54, 1.807) is 10.7 Å². The van der Waals surface area contributed by atoms with Crippen LogP contribution in [0.25, 0.3) is 5.52 Å². The maximum atomic E-state index is 12.5. The molecule has 2 aromatic rings. The molecule has 1 N–H and O–H groups in total. The van der Waals surface area contributed by atoms with Crippen molar-refractivity contribution < 1.29 is 9.90 Å². The Morgan fingerprint density at radius 1 is 1.47 bits per heavy atom. The summed E-state index contributed by atoms with van der Waals surface area (Å²) in [5, 5.41) is 13.2. The van der Waals surface area contributed by atoms with Gasteiger partial charge in [-0.05, 0) is 30.9 Å². The van der Waals surface area contributed by atoms with Gasteiger partial charge >= 0.3 is 0 Å². The van der Waals surface area contributed by atoms with Gasteiger partial charge in [0.05, 0.1) is 17.3 Å². The molecule has 0 aliphatic carbocycles. The average molecular weight is 259 g/mol. The number of aliphatic hydroxyl groups excluding tert-OH is 1. The Bertz CT molecular complexity index is 593. The molecule has 3 rings (SSSR count). The van der Waals surface area contributed by atoms with Crippen LogP contribution in [0.1, 0.15) is 23.2 Å². The molecule has 0 bridgehead atoms. The standard InChI is InChI=1S/C14H17N3O2/c18-8-5-11-4-7-16(10-11)14(19)12-9-15-17-6-2-1-3-13(12)17/h1-3,6,9,11,18H,4-5,7-8,10H2. The van der Waals surface area contributed by atoms with Gasteiger partial charge in [-0.15, -0.1) is 0 Å². The lowest BCUT2D eigenvalue weighted by atomic mass is 10.1. The highest BCUT2D eigenvalue weighted by Gasteiger charge is 2.27. The number of likely N-dealkylation sites (tertiary alicyclic amines) is 1. The van der Waals surface area contributed by atoms with Crippen LogP contribution in [-0.4, -0.2) is 45.2 Å². The van der Waals surface area contributed by atoms with Crippen LogP contribution in [0, 0.1) is 5.92 Å². The van der Waals surface area contributed by atoms with Crippen LogP contribution in [0.4, 0.5) is 0 Å². The summed E-state index contributed by atoms with van der Waals surface area (Å²) < 4.78 is 1.72. The SMILES string of the molecule is O=C(c1cnn2ccccc12)N1CCC(CCO)C1. The quantitative estimate of drug-likeness (QED) is 0.900. The molecule has 0 radical (unpaired) electrons. The molecule has 1 saturated heterocycles. The number of pyridine rings is 1. The zero-order chi connectivity index (χ0) is 13.2. The van der Waals surface area contributed by atoms with E-state index in [1.165, 1.54) is 0 Å². The first-order chi connectivity index (χ1) is 9.29. The third-order valence-electron chi connectivity index (χ3n) is 3.77. The summed E-state index contributed by atoms with van der Waals surface area (Å²) >= 11 is 0. The second-order valence-corrected chi connectivity index (χ2v) is 5.01. The largest absolute Gasteiger partial charge is 0.396 e. The predicted molar refractivity (Wildman–Crippen MR) is 70.9 cm³/mol. The third-order valence-corrected chi connectivity index (χ3v) is 3.77. The van der Waals surface area contributed by atoms with Crippen LogP contribution in [0.15, 0.2) is 30.6 Å². The summed E-state index contributed by atoms with van der Waals surface area (Å²) in [5.41, 5.74) is 1.50. The van der Waals surface area contributed by atoms with Crippen molar-refractivity contribution in [3.05, 3.63) is 36.2 Å². The Labute approximate surface area is 111 Å². The molecule has 5 heteroatoms. The minimum Gasteiger partial charge on any atom is -0.396 e. The van der Waals surface area contributed by atoms with Crippen LogP contribution in [0.5, 0.6) is 0 Å². The van der Waals surface area contributed by atoms with Crippen LogP contribution >= 0.6 is 0 Å². The van der Waals surface area contributed by atoms with E-state index < -0.39 is 0 Å². The van der Waals surface area contributed by atoms with E-state index in [2.05, 4.69) is 5.10 Å². The molecule has 0 spiro atoms. The Hall–Kier alpha value is -1.88. The molecular weight excluding hydrogens is 242 g/mol. The van der Waals surface area contributed by atoms with Gasteiger partial charge in [0.2, 0.25) is 0 Å². The van der Waals surface area contributed by atoms with Crippen molar-refractivity contribution in [2.45, 2.75) is 12.8 Å². The highest BCUT2D eigenvalue weighted by atomic mass is 16.3. The van der Waals surface area contributed by atoms with Gasteiger partial charge in [0.25, 0.3) is 5.91 Å². The fourth-order valence-corrected chi connectivity index (χ4v) is 2.70. The minimum atomic E-state index is 0.0432. The maximum Gasteiger partial charge on any atom is 0.257 e. The maximum absolute atomic E-state index is 12.5. The Kier molecular flexibility index (Phi) is 3.21. The number of rotatable bonds is 3. The number of nitrogens with zero attached hydrogens (tertiary/aromatic N) is 3. The molecule has 2 aromatic heterocycles. The Balaban J connectivity index is 1.81. The van der Waals surface area contributed by atoms with Gasteiger partial charge < -0.3 is 10.0 Å². The number of hydrogen-bond donors (Lipinski definition) is 1. The van der Waals surface area contributed by atoms with Gasteiger partial charge in [0.1, 0.15) is 0 Å². The third kappa shape index (κ3) is 2.21. The van der Waals surface area contributed by atoms with Crippen molar-refractivity contribution in [3.8, 4) is 0 Å². The van der Waals surface area contributed by atoms with E-state index in [0.29, 0.717) is 11.5 Å². The molecule has 3 heterocycles. The molecule has 19 heavy (non-hydrogen) atoms. The van der Waals surface area contributed by atoms with E-state index in [4.69, 9.17) is 5.11 Å². The highest BCUT2D eigenvalue weighted by molar-refractivity contribution is 6.00. The van der Waals surface area contributed by atoms with Crippen LogP contribution in [-0.2, 0) is 0 Å². The molecule has 5 nitrogen and oxygen atoms in total. The van der Waals surface area contributed by atoms with Crippen molar-refractivity contribution in [2.75, 3.05) is 19.7 Å². The predicted octanol–water partition coefficient (Wildman–Crippen LogP) is 1.18. The lowest BCUT2D eigenvalue weighted by Crippen LogP contribution is -2.28. The van der Waals surface area contributed by atoms with Gasteiger partial charge in [0.15, 0.2) is 0 Å². The summed E-state index contributed by atoms with van der Waals surface area (Å²) in [7, 11) is 0. The molecule has 1 amide bonds. The molecule has 1 aliphatic rings. The first-order valence-electron chi connectivity index (χ1n) is 6.62. The number of amides is 1. The van der Waals surface area contributed by atoms with E-state index in [9.17, 15) is 4.79 Å². The molecule has 1 unspecified atom stereocenters. The second-order valence-electron chi connectivity index (χ2n) is 5.01. The summed E-state index contributed by atoms with van der Waals surface area (Å²) in [6.45, 7) is 1.71. The lowest BCUT2D eigenvalue weighted by Gasteiger charge is -2.15. The summed E-state index contributed by atoms with van der Waals surface area (Å²) in [6, 6.07) is 5.70. The monoisotopic (exact) mass is 259 g/mol. The molecular formula is C14H17N3O2. The number of carbonyl (C=O) groups excluding carboxylic acids is 1. The minimum absolute atomic E-state index is 0.0432. The smallest absolute Gasteiger partial charge is 0.257 e. The van der Waals surface area contributed by atoms with Gasteiger partial charge in [-0.1, -0.05) is 6.07 Å². The average Bonchev–Trinajstić information content (AvgIpc) is 3.05. The molecule has 1 fully saturated rings. The van der Waals surface area contributed by atoms with Crippen molar-refractivity contribution in [1.82, 2.24) is 14.5 Å². The van der Waals surface area contributed by atoms with Crippen LogP contribution in [0.3, 0.4) is 0 Å². The molecule has 100 valence electrons. The number of carbonyl (C=O) groups is 1. The molecule has 1 aliphatic heterocycles. The Morgan fingerprint density at radius 2 is 2.37 bits per heavy atom. The lowest BCUT2D eigenvalue weighted by molar-refractivity contribution is 0.0786. The van der Waals surface area contributed by atoms with Gasteiger partial charge in [0, 0.05) is 25.9 Å². The summed E-state index contributed by atoms with van der Waals surface area (Å²) in [5.74, 6) is 0.470.